The molecule has 5 nitrogen and oxygen atoms in total. The second kappa shape index (κ2) is 8.23. The molecule has 0 bridgehead atoms. The van der Waals surface area contributed by atoms with Crippen LogP contribution in [0.1, 0.15) is 33.1 Å². The Balaban J connectivity index is 3.55. The Morgan fingerprint density at radius 2 is 2.13 bits per heavy atom. The Morgan fingerprint density at radius 1 is 1.47 bits per heavy atom. The lowest BCUT2D eigenvalue weighted by Gasteiger charge is -2.12. The Hall–Kier alpha value is -1.10. The van der Waals surface area contributed by atoms with Gasteiger partial charge in [0.25, 0.3) is 0 Å². The van der Waals surface area contributed by atoms with Gasteiger partial charge in [-0.05, 0) is 13.3 Å². The highest BCUT2D eigenvalue weighted by molar-refractivity contribution is 5.80. The predicted octanol–water partition coefficient (Wildman–Crippen LogP) is 0.782. The molecular weight excluding hydrogens is 198 g/mol. The lowest BCUT2D eigenvalue weighted by molar-refractivity contribution is -0.137. The molecule has 15 heavy (non-hydrogen) atoms. The number of aliphatic carboxylic acids is 1. The van der Waals surface area contributed by atoms with Crippen LogP contribution >= 0.6 is 0 Å². The van der Waals surface area contributed by atoms with E-state index in [2.05, 4.69) is 5.32 Å². The number of amides is 1. The molecule has 0 saturated heterocycles. The molecule has 1 atom stereocenters. The molecule has 0 rings (SSSR count). The summed E-state index contributed by atoms with van der Waals surface area (Å²) < 4.78 is 5.24. The molecule has 0 radical (unpaired) electrons. The summed E-state index contributed by atoms with van der Waals surface area (Å²) in [4.78, 5) is 21.5. The molecule has 0 saturated carbocycles. The number of nitrogens with one attached hydrogen (secondary N) is 1. The van der Waals surface area contributed by atoms with E-state index in [1.54, 1.807) is 6.92 Å². The maximum atomic E-state index is 11.3. The Kier molecular flexibility index (Phi) is 7.62. The van der Waals surface area contributed by atoms with Crippen molar-refractivity contribution < 1.29 is 19.4 Å². The SMILES string of the molecule is CCCCOC(C)C(=O)NCCC(=O)O. The highest BCUT2D eigenvalue weighted by Gasteiger charge is 2.12. The van der Waals surface area contributed by atoms with Crippen LogP contribution in [-0.4, -0.2) is 36.2 Å². The van der Waals surface area contributed by atoms with E-state index >= 15 is 0 Å². The molecule has 0 aromatic rings. The van der Waals surface area contributed by atoms with Crippen molar-refractivity contribution in [1.82, 2.24) is 5.32 Å². The van der Waals surface area contributed by atoms with Crippen LogP contribution in [0.25, 0.3) is 0 Å². The summed E-state index contributed by atoms with van der Waals surface area (Å²) in [6, 6.07) is 0. The van der Waals surface area contributed by atoms with Crippen molar-refractivity contribution in [2.75, 3.05) is 13.2 Å². The summed E-state index contributed by atoms with van der Waals surface area (Å²) in [5.74, 6) is -1.18. The van der Waals surface area contributed by atoms with E-state index in [1.165, 1.54) is 0 Å². The van der Waals surface area contributed by atoms with Crippen molar-refractivity contribution in [3.63, 3.8) is 0 Å². The molecule has 1 amide bonds. The molecule has 0 aromatic carbocycles. The van der Waals surface area contributed by atoms with Crippen LogP contribution in [0.3, 0.4) is 0 Å². The quantitative estimate of drug-likeness (QED) is 0.589. The maximum Gasteiger partial charge on any atom is 0.305 e. The van der Waals surface area contributed by atoms with Gasteiger partial charge in [0.05, 0.1) is 6.42 Å². The number of hydrogen-bond donors (Lipinski definition) is 2. The van der Waals surface area contributed by atoms with E-state index in [-0.39, 0.29) is 18.9 Å². The molecule has 0 aliphatic heterocycles. The Morgan fingerprint density at radius 3 is 2.67 bits per heavy atom. The normalized spacial score (nSPS) is 12.1. The average molecular weight is 217 g/mol. The van der Waals surface area contributed by atoms with Crippen LogP contribution in [0.2, 0.25) is 0 Å². The highest BCUT2D eigenvalue weighted by atomic mass is 16.5. The van der Waals surface area contributed by atoms with Gasteiger partial charge < -0.3 is 15.2 Å². The van der Waals surface area contributed by atoms with Gasteiger partial charge in [-0.3, -0.25) is 9.59 Å². The van der Waals surface area contributed by atoms with Gasteiger partial charge in [-0.1, -0.05) is 13.3 Å². The molecule has 88 valence electrons. The molecule has 1 unspecified atom stereocenters. The molecule has 0 fully saturated rings. The summed E-state index contributed by atoms with van der Waals surface area (Å²) in [6.45, 7) is 4.41. The molecular formula is C10H19NO4. The first-order chi connectivity index (χ1) is 7.07. The van der Waals surface area contributed by atoms with E-state index in [4.69, 9.17) is 9.84 Å². The summed E-state index contributed by atoms with van der Waals surface area (Å²) >= 11 is 0. The van der Waals surface area contributed by atoms with Crippen LogP contribution in [-0.2, 0) is 14.3 Å². The van der Waals surface area contributed by atoms with E-state index in [0.29, 0.717) is 6.61 Å². The average Bonchev–Trinajstić information content (AvgIpc) is 2.17. The largest absolute Gasteiger partial charge is 0.481 e. The van der Waals surface area contributed by atoms with Gasteiger partial charge in [0.15, 0.2) is 0 Å². The van der Waals surface area contributed by atoms with Crippen molar-refractivity contribution in [2.45, 2.75) is 39.2 Å². The summed E-state index contributed by atoms with van der Waals surface area (Å²) in [7, 11) is 0. The van der Waals surface area contributed by atoms with Gasteiger partial charge in [0.2, 0.25) is 5.91 Å². The minimum atomic E-state index is -0.921. The monoisotopic (exact) mass is 217 g/mol. The molecule has 2 N–H and O–H groups in total. The molecule has 0 aromatic heterocycles. The van der Waals surface area contributed by atoms with Crippen molar-refractivity contribution in [3.05, 3.63) is 0 Å². The second-order valence-electron chi connectivity index (χ2n) is 3.30. The number of unbranched alkanes of at least 4 members (excludes halogenated alkanes) is 1. The number of hydrogen-bond acceptors (Lipinski definition) is 3. The second-order valence-corrected chi connectivity index (χ2v) is 3.30. The fourth-order valence-electron chi connectivity index (χ4n) is 0.916. The van der Waals surface area contributed by atoms with Crippen LogP contribution < -0.4 is 5.32 Å². The minimum Gasteiger partial charge on any atom is -0.481 e. The molecule has 5 heteroatoms. The zero-order valence-corrected chi connectivity index (χ0v) is 9.28. The molecule has 0 aliphatic rings. The van der Waals surface area contributed by atoms with Gasteiger partial charge in [-0.25, -0.2) is 0 Å². The first kappa shape index (κ1) is 13.9. The Bertz CT molecular complexity index is 206. The van der Waals surface area contributed by atoms with Crippen LogP contribution in [0, 0.1) is 0 Å². The lowest BCUT2D eigenvalue weighted by atomic mass is 10.3. The maximum absolute atomic E-state index is 11.3. The molecule has 0 spiro atoms. The summed E-state index contributed by atoms with van der Waals surface area (Å²) in [5.41, 5.74) is 0. The van der Waals surface area contributed by atoms with Crippen LogP contribution in [0.5, 0.6) is 0 Å². The molecule has 0 heterocycles. The summed E-state index contributed by atoms with van der Waals surface area (Å²) in [6.07, 6.45) is 1.37. The van der Waals surface area contributed by atoms with E-state index < -0.39 is 12.1 Å². The van der Waals surface area contributed by atoms with E-state index in [9.17, 15) is 9.59 Å². The highest BCUT2D eigenvalue weighted by Crippen LogP contribution is 1.95. The first-order valence-corrected chi connectivity index (χ1v) is 5.19. The third kappa shape index (κ3) is 7.93. The van der Waals surface area contributed by atoms with Crippen LogP contribution in [0.15, 0.2) is 0 Å². The molecule has 0 aliphatic carbocycles. The zero-order chi connectivity index (χ0) is 11.7. The van der Waals surface area contributed by atoms with Gasteiger partial charge in [0, 0.05) is 13.2 Å². The van der Waals surface area contributed by atoms with Gasteiger partial charge in [-0.2, -0.15) is 0 Å². The topological polar surface area (TPSA) is 75.6 Å². The number of carboxylic acids is 1. The fourth-order valence-corrected chi connectivity index (χ4v) is 0.916. The van der Waals surface area contributed by atoms with Crippen molar-refractivity contribution >= 4 is 11.9 Å². The van der Waals surface area contributed by atoms with Crippen molar-refractivity contribution in [1.29, 1.82) is 0 Å². The van der Waals surface area contributed by atoms with E-state index in [1.807, 2.05) is 6.92 Å². The van der Waals surface area contributed by atoms with Gasteiger partial charge >= 0.3 is 5.97 Å². The number of rotatable bonds is 8. The number of carbonyl (C=O) groups is 2. The van der Waals surface area contributed by atoms with E-state index in [0.717, 1.165) is 12.8 Å². The number of carboxylic acid groups (broad SMARTS) is 1. The van der Waals surface area contributed by atoms with Crippen molar-refractivity contribution in [2.24, 2.45) is 0 Å². The van der Waals surface area contributed by atoms with Gasteiger partial charge in [0.1, 0.15) is 6.10 Å². The number of ether oxygens (including phenoxy) is 1. The van der Waals surface area contributed by atoms with Crippen molar-refractivity contribution in [3.8, 4) is 0 Å². The smallest absolute Gasteiger partial charge is 0.305 e. The Labute approximate surface area is 89.8 Å². The van der Waals surface area contributed by atoms with Gasteiger partial charge in [-0.15, -0.1) is 0 Å². The number of carbonyl (C=O) groups excluding carboxylic acids is 1. The summed E-state index contributed by atoms with van der Waals surface area (Å²) in [5, 5.41) is 10.9. The first-order valence-electron chi connectivity index (χ1n) is 5.19. The third-order valence-electron chi connectivity index (χ3n) is 1.87. The third-order valence-corrected chi connectivity index (χ3v) is 1.87. The zero-order valence-electron chi connectivity index (χ0n) is 9.28. The minimum absolute atomic E-state index is 0.0621. The standard InChI is InChI=1S/C10H19NO4/c1-3-4-7-15-8(2)10(14)11-6-5-9(12)13/h8H,3-7H2,1-2H3,(H,11,14)(H,12,13). The predicted molar refractivity (Wildman–Crippen MR) is 55.6 cm³/mol. The van der Waals surface area contributed by atoms with Crippen LogP contribution in [0.4, 0.5) is 0 Å². The fraction of sp³-hybridized carbons (Fsp3) is 0.800. The lowest BCUT2D eigenvalue weighted by Crippen LogP contribution is -2.35.